The number of rotatable bonds is 5. The molecule has 0 saturated carbocycles. The number of aromatic nitrogens is 6. The molecule has 0 N–H and O–H groups in total. The lowest BCUT2D eigenvalue weighted by molar-refractivity contribution is 0.620. The van der Waals surface area contributed by atoms with Gasteiger partial charge in [0.1, 0.15) is 5.52 Å². The van der Waals surface area contributed by atoms with Crippen LogP contribution >= 0.6 is 0 Å². The molecule has 0 amide bonds. The number of para-hydroxylation sites is 3. The SMILES string of the molecule is [C-]#[N+]c1ccc(-c2nc3c(-n4c5ccccc5c5ccc6c7ccccc7n(-c7nc(-c8ccccc8)nc(-c8ccccc8)n7)c6c54)cccc3o2)cc1. The molecule has 55 heavy (non-hydrogen) atoms. The van der Waals surface area contributed by atoms with Gasteiger partial charge in [-0.1, -0.05) is 140 Å². The molecule has 7 aromatic carbocycles. The van der Waals surface area contributed by atoms with E-state index in [1.807, 2.05) is 84.9 Å². The molecule has 0 bridgehead atoms. The summed E-state index contributed by atoms with van der Waals surface area (Å²) < 4.78 is 10.9. The van der Waals surface area contributed by atoms with Crippen molar-refractivity contribution in [3.8, 4) is 45.9 Å². The minimum absolute atomic E-state index is 0.492. The van der Waals surface area contributed by atoms with E-state index in [2.05, 4.69) is 80.7 Å². The van der Waals surface area contributed by atoms with Gasteiger partial charge in [0.15, 0.2) is 22.9 Å². The van der Waals surface area contributed by atoms with Gasteiger partial charge < -0.3 is 8.98 Å². The third kappa shape index (κ3) is 4.77. The Bertz CT molecular complexity index is 3260. The molecule has 4 aromatic heterocycles. The van der Waals surface area contributed by atoms with E-state index in [0.29, 0.717) is 34.8 Å². The van der Waals surface area contributed by atoms with Crippen molar-refractivity contribution in [2.75, 3.05) is 0 Å². The third-order valence-electron chi connectivity index (χ3n) is 10.2. The molecule has 0 atom stereocenters. The molecule has 11 rings (SSSR count). The zero-order valence-corrected chi connectivity index (χ0v) is 29.1. The first-order chi connectivity index (χ1) is 27.2. The lowest BCUT2D eigenvalue weighted by atomic mass is 10.1. The van der Waals surface area contributed by atoms with Crippen molar-refractivity contribution in [1.82, 2.24) is 29.1 Å². The second-order valence-electron chi connectivity index (χ2n) is 13.4. The van der Waals surface area contributed by atoms with Crippen LogP contribution in [0.25, 0.3) is 105 Å². The van der Waals surface area contributed by atoms with Crippen molar-refractivity contribution in [1.29, 1.82) is 0 Å². The quantitative estimate of drug-likeness (QED) is 0.167. The minimum atomic E-state index is 0.492. The van der Waals surface area contributed by atoms with Crippen molar-refractivity contribution in [3.05, 3.63) is 175 Å². The summed E-state index contributed by atoms with van der Waals surface area (Å²) in [5.74, 6) is 2.19. The Morgan fingerprint density at radius 3 is 1.64 bits per heavy atom. The highest BCUT2D eigenvalue weighted by molar-refractivity contribution is 6.24. The molecule has 4 heterocycles. The molecule has 256 valence electrons. The molecule has 11 aromatic rings. The van der Waals surface area contributed by atoms with Crippen LogP contribution in [0.1, 0.15) is 0 Å². The van der Waals surface area contributed by atoms with Crippen LogP contribution in [0.2, 0.25) is 0 Å². The molecule has 0 aliphatic heterocycles. The van der Waals surface area contributed by atoms with Crippen molar-refractivity contribution in [3.63, 3.8) is 0 Å². The fourth-order valence-corrected chi connectivity index (χ4v) is 7.77. The van der Waals surface area contributed by atoms with Crippen molar-refractivity contribution in [2.45, 2.75) is 0 Å². The first-order valence-electron chi connectivity index (χ1n) is 17.9. The first-order valence-corrected chi connectivity index (χ1v) is 17.9. The van der Waals surface area contributed by atoms with Crippen LogP contribution in [0.3, 0.4) is 0 Å². The summed E-state index contributed by atoms with van der Waals surface area (Å²) >= 11 is 0. The second-order valence-corrected chi connectivity index (χ2v) is 13.4. The molecule has 0 fully saturated rings. The summed E-state index contributed by atoms with van der Waals surface area (Å²) in [6, 6.07) is 54.8. The summed E-state index contributed by atoms with van der Waals surface area (Å²) in [7, 11) is 0. The topological polar surface area (TPSA) is 78.9 Å². The van der Waals surface area contributed by atoms with Crippen molar-refractivity contribution in [2.24, 2.45) is 0 Å². The lowest BCUT2D eigenvalue weighted by Crippen LogP contribution is -2.07. The summed E-state index contributed by atoms with van der Waals surface area (Å²) in [6.07, 6.45) is 0. The van der Waals surface area contributed by atoms with E-state index in [4.69, 9.17) is 30.9 Å². The van der Waals surface area contributed by atoms with E-state index in [-0.39, 0.29) is 0 Å². The van der Waals surface area contributed by atoms with Gasteiger partial charge in [-0.15, -0.1) is 0 Å². The van der Waals surface area contributed by atoms with Gasteiger partial charge in [0.2, 0.25) is 11.8 Å². The molecule has 0 unspecified atom stereocenters. The predicted molar refractivity (Wildman–Crippen MR) is 219 cm³/mol. The van der Waals surface area contributed by atoms with Crippen LogP contribution in [0.4, 0.5) is 5.69 Å². The Kier molecular flexibility index (Phi) is 6.75. The minimum Gasteiger partial charge on any atom is -0.436 e. The number of oxazole rings is 1. The largest absolute Gasteiger partial charge is 0.436 e. The van der Waals surface area contributed by atoms with Gasteiger partial charge in [0.05, 0.1) is 34.3 Å². The monoisotopic (exact) mass is 705 g/mol. The number of hydrogen-bond donors (Lipinski definition) is 0. The number of fused-ring (bicyclic) bond motifs is 8. The van der Waals surface area contributed by atoms with Crippen LogP contribution in [-0.4, -0.2) is 29.1 Å². The summed E-state index contributed by atoms with van der Waals surface area (Å²) in [5.41, 5.74) is 9.43. The lowest BCUT2D eigenvalue weighted by Gasteiger charge is -2.13. The predicted octanol–water partition coefficient (Wildman–Crippen LogP) is 11.8. The number of benzene rings is 7. The highest BCUT2D eigenvalue weighted by atomic mass is 16.3. The zero-order chi connectivity index (χ0) is 36.5. The maximum absolute atomic E-state index is 7.38. The molecule has 0 aliphatic carbocycles. The van der Waals surface area contributed by atoms with E-state index >= 15 is 0 Å². The third-order valence-corrected chi connectivity index (χ3v) is 10.2. The summed E-state index contributed by atoms with van der Waals surface area (Å²) in [4.78, 5) is 24.1. The van der Waals surface area contributed by atoms with E-state index < -0.39 is 0 Å². The van der Waals surface area contributed by atoms with Gasteiger partial charge in [0, 0.05) is 38.2 Å². The maximum atomic E-state index is 7.38. The van der Waals surface area contributed by atoms with E-state index in [1.54, 1.807) is 12.1 Å². The Hall–Kier alpha value is -7.89. The van der Waals surface area contributed by atoms with Gasteiger partial charge >= 0.3 is 0 Å². The van der Waals surface area contributed by atoms with Crippen molar-refractivity contribution >= 4 is 60.4 Å². The average Bonchev–Trinajstić information content (AvgIpc) is 3.95. The standard InChI is InChI=1S/C47H27N7O/c1-48-32-25-23-31(24-26-32)46-49-41-39(21-12-22-40(41)55-46)53-37-19-10-8-17-33(37)35-27-28-36-34-18-9-11-20-38(34)54(43(36)42(35)53)47-51-44(29-13-4-2-5-14-29)50-45(52-47)30-15-6-3-7-16-30/h2-28H. The Morgan fingerprint density at radius 1 is 0.455 bits per heavy atom. The average molecular weight is 706 g/mol. The smallest absolute Gasteiger partial charge is 0.238 e. The zero-order valence-electron chi connectivity index (χ0n) is 29.1. The van der Waals surface area contributed by atoms with Crippen LogP contribution < -0.4 is 0 Å². The van der Waals surface area contributed by atoms with Gasteiger partial charge in [-0.25, -0.2) is 14.8 Å². The number of nitrogens with zero attached hydrogens (tertiary/aromatic N) is 7. The molecule has 8 heteroatoms. The fourth-order valence-electron chi connectivity index (χ4n) is 7.77. The van der Waals surface area contributed by atoms with Gasteiger partial charge in [0.25, 0.3) is 0 Å². The highest BCUT2D eigenvalue weighted by Crippen LogP contribution is 2.43. The van der Waals surface area contributed by atoms with Gasteiger partial charge in [-0.2, -0.15) is 9.97 Å². The number of hydrogen-bond acceptors (Lipinski definition) is 5. The molecular formula is C47H27N7O. The van der Waals surface area contributed by atoms with E-state index in [9.17, 15) is 0 Å². The molecule has 0 spiro atoms. The van der Waals surface area contributed by atoms with Crippen LogP contribution in [0.5, 0.6) is 0 Å². The molecule has 0 saturated heterocycles. The normalized spacial score (nSPS) is 11.6. The molecular weight excluding hydrogens is 679 g/mol. The van der Waals surface area contributed by atoms with E-state index in [0.717, 1.165) is 71.5 Å². The molecule has 0 radical (unpaired) electrons. The fraction of sp³-hybridized carbons (Fsp3) is 0. The Labute approximate surface area is 314 Å². The molecule has 0 aliphatic rings. The summed E-state index contributed by atoms with van der Waals surface area (Å²) in [5, 5.41) is 4.35. The maximum Gasteiger partial charge on any atom is 0.238 e. The van der Waals surface area contributed by atoms with Crippen LogP contribution in [0.15, 0.2) is 168 Å². The Balaban J connectivity index is 1.27. The summed E-state index contributed by atoms with van der Waals surface area (Å²) in [6.45, 7) is 7.38. The Morgan fingerprint density at radius 2 is 1.02 bits per heavy atom. The highest BCUT2D eigenvalue weighted by Gasteiger charge is 2.25. The van der Waals surface area contributed by atoms with Gasteiger partial charge in [-0.3, -0.25) is 4.57 Å². The van der Waals surface area contributed by atoms with Crippen LogP contribution in [-0.2, 0) is 0 Å². The van der Waals surface area contributed by atoms with Gasteiger partial charge in [-0.05, 0) is 24.3 Å². The molecule has 8 nitrogen and oxygen atoms in total. The van der Waals surface area contributed by atoms with Crippen LogP contribution in [0, 0.1) is 6.57 Å². The first kappa shape index (κ1) is 30.7. The van der Waals surface area contributed by atoms with E-state index in [1.165, 1.54) is 0 Å². The van der Waals surface area contributed by atoms with Crippen molar-refractivity contribution < 1.29 is 4.42 Å². The second kappa shape index (κ2) is 12.1.